The quantitative estimate of drug-likeness (QED) is 0.265. The number of likely N-dealkylation sites (N-methyl/N-ethyl adjacent to an activating group) is 2. The Morgan fingerprint density at radius 1 is 1.03 bits per heavy atom. The van der Waals surface area contributed by atoms with Crippen molar-refractivity contribution >= 4 is 51.4 Å². The van der Waals surface area contributed by atoms with Crippen LogP contribution >= 0.6 is 0 Å². The van der Waals surface area contributed by atoms with Crippen molar-refractivity contribution in [3.8, 4) is 0 Å². The van der Waals surface area contributed by atoms with E-state index in [-0.39, 0.29) is 5.91 Å². The van der Waals surface area contributed by atoms with E-state index < -0.39 is 5.97 Å². The largest absolute Gasteiger partial charge is 0.341 e. The third-order valence-electron chi connectivity index (χ3n) is 5.92. The van der Waals surface area contributed by atoms with E-state index in [2.05, 4.69) is 45.9 Å². The summed E-state index contributed by atoms with van der Waals surface area (Å²) in [5.74, 6) is 0.0694. The minimum Gasteiger partial charge on any atom is -0.341 e. The van der Waals surface area contributed by atoms with Crippen molar-refractivity contribution in [2.75, 3.05) is 21.1 Å². The molecule has 0 atom stereocenters. The average Bonchev–Trinajstić information content (AvgIpc) is 3.22. The summed E-state index contributed by atoms with van der Waals surface area (Å²) in [7, 11) is 5.24. The van der Waals surface area contributed by atoms with Gasteiger partial charge >= 0.3 is 5.97 Å². The first-order valence-corrected chi connectivity index (χ1v) is 10.8. The number of aromatic nitrogens is 1. The number of guanidine groups is 1. The summed E-state index contributed by atoms with van der Waals surface area (Å²) >= 11 is 0. The summed E-state index contributed by atoms with van der Waals surface area (Å²) in [6.07, 6.45) is 1.89. The molecule has 1 aliphatic rings. The van der Waals surface area contributed by atoms with Crippen LogP contribution in [0.25, 0.3) is 27.9 Å². The summed E-state index contributed by atoms with van der Waals surface area (Å²) < 4.78 is 2.26. The maximum atomic E-state index is 12.7. The second-order valence-electron chi connectivity index (χ2n) is 7.99. The molecule has 2 heterocycles. The number of carbonyl (C=O) groups excluding carboxylic acids is 2. The van der Waals surface area contributed by atoms with Gasteiger partial charge in [0.2, 0.25) is 5.96 Å². The summed E-state index contributed by atoms with van der Waals surface area (Å²) in [6.45, 7) is 6.07. The second kappa shape index (κ2) is 8.54. The van der Waals surface area contributed by atoms with Crippen molar-refractivity contribution in [1.82, 2.24) is 14.4 Å². The number of aliphatic imine (C=N–C) groups is 1. The van der Waals surface area contributed by atoms with Gasteiger partial charge in [-0.15, -0.1) is 0 Å². The predicted octanol–water partition coefficient (Wildman–Crippen LogP) is 3.83. The van der Waals surface area contributed by atoms with E-state index in [9.17, 15) is 9.59 Å². The van der Waals surface area contributed by atoms with E-state index in [1.165, 1.54) is 6.92 Å². The number of hydrogen-bond donors (Lipinski definition) is 0. The van der Waals surface area contributed by atoms with Crippen LogP contribution in [0.5, 0.6) is 0 Å². The Labute approximate surface area is 192 Å². The van der Waals surface area contributed by atoms with Crippen LogP contribution in [0.4, 0.5) is 0 Å². The lowest BCUT2D eigenvalue weighted by atomic mass is 10.0. The first-order chi connectivity index (χ1) is 15.8. The van der Waals surface area contributed by atoms with Gasteiger partial charge in [-0.25, -0.2) is 4.79 Å². The molecule has 0 unspecified atom stereocenters. The molecule has 0 saturated carbocycles. The van der Waals surface area contributed by atoms with Crippen LogP contribution in [0.1, 0.15) is 31.9 Å². The molecule has 0 N–H and O–H groups in total. The highest BCUT2D eigenvalue weighted by Gasteiger charge is 2.33. The summed E-state index contributed by atoms with van der Waals surface area (Å²) in [4.78, 5) is 36.2. The van der Waals surface area contributed by atoms with Gasteiger partial charge in [0, 0.05) is 56.4 Å². The molecule has 0 bridgehead atoms. The van der Waals surface area contributed by atoms with Crippen LogP contribution in [0, 0.1) is 0 Å². The zero-order valence-corrected chi connectivity index (χ0v) is 19.7. The molecule has 0 spiro atoms. The molecule has 1 aromatic heterocycles. The molecule has 4 rings (SSSR count). The smallest absolute Gasteiger partial charge is 0.331 e. The van der Waals surface area contributed by atoms with Crippen molar-refractivity contribution in [3.05, 3.63) is 53.2 Å². The molecule has 170 valence electrons. The number of rotatable bonds is 4. The van der Waals surface area contributed by atoms with Gasteiger partial charge < -0.3 is 14.3 Å². The van der Waals surface area contributed by atoms with Gasteiger partial charge in [-0.1, -0.05) is 17.3 Å². The monoisotopic (exact) mass is 445 g/mol. The normalized spacial score (nSPS) is 17.3. The zero-order valence-electron chi connectivity index (χ0n) is 19.7. The van der Waals surface area contributed by atoms with Crippen LogP contribution in [0.15, 0.2) is 52.2 Å². The van der Waals surface area contributed by atoms with E-state index in [1.807, 2.05) is 32.2 Å². The third kappa shape index (κ3) is 3.77. The summed E-state index contributed by atoms with van der Waals surface area (Å²) in [5, 5.41) is 6.07. The fourth-order valence-corrected chi connectivity index (χ4v) is 4.32. The summed E-state index contributed by atoms with van der Waals surface area (Å²) in [6, 6.07) is 12.3. The van der Waals surface area contributed by atoms with Gasteiger partial charge in [0.05, 0.1) is 5.71 Å². The SMILES string of the molecule is CCn1c2ccc(C=C3C(=O)N(C)C(=NC)N3C)cc2c2cc(C(C)=NOC(C)=O)ccc21. The fourth-order valence-electron chi connectivity index (χ4n) is 4.32. The first kappa shape index (κ1) is 22.3. The predicted molar refractivity (Wildman–Crippen MR) is 131 cm³/mol. The van der Waals surface area contributed by atoms with Gasteiger partial charge in [-0.3, -0.25) is 14.7 Å². The van der Waals surface area contributed by atoms with Gasteiger partial charge in [0.1, 0.15) is 5.70 Å². The molecule has 3 aromatic rings. The molecular weight excluding hydrogens is 418 g/mol. The Balaban J connectivity index is 1.86. The van der Waals surface area contributed by atoms with E-state index in [4.69, 9.17) is 4.84 Å². The second-order valence-corrected chi connectivity index (χ2v) is 7.99. The highest BCUT2D eigenvalue weighted by atomic mass is 16.7. The topological polar surface area (TPSA) is 79.5 Å². The van der Waals surface area contributed by atoms with Gasteiger partial charge in [0.25, 0.3) is 5.91 Å². The number of fused-ring (bicyclic) bond motifs is 3. The van der Waals surface area contributed by atoms with E-state index >= 15 is 0 Å². The van der Waals surface area contributed by atoms with E-state index in [1.54, 1.807) is 23.9 Å². The molecule has 0 aliphatic carbocycles. The molecule has 33 heavy (non-hydrogen) atoms. The number of carbonyl (C=O) groups is 2. The molecule has 0 radical (unpaired) electrons. The van der Waals surface area contributed by atoms with Crippen LogP contribution in [0.2, 0.25) is 0 Å². The lowest BCUT2D eigenvalue weighted by Gasteiger charge is -2.12. The van der Waals surface area contributed by atoms with Gasteiger partial charge in [-0.2, -0.15) is 0 Å². The molecule has 2 aromatic carbocycles. The van der Waals surface area contributed by atoms with Crippen LogP contribution in [-0.2, 0) is 21.0 Å². The van der Waals surface area contributed by atoms with Gasteiger partial charge in [-0.05, 0) is 55.3 Å². The molecule has 1 amide bonds. The van der Waals surface area contributed by atoms with Crippen LogP contribution < -0.4 is 0 Å². The highest BCUT2D eigenvalue weighted by molar-refractivity contribution is 6.16. The van der Waals surface area contributed by atoms with Crippen molar-refractivity contribution in [1.29, 1.82) is 0 Å². The van der Waals surface area contributed by atoms with Crippen LogP contribution in [-0.4, -0.2) is 59.1 Å². The highest BCUT2D eigenvalue weighted by Crippen LogP contribution is 2.32. The molecule has 8 heteroatoms. The standard InChI is InChI=1S/C25H27N5O3/c1-7-30-21-10-8-17(13-23-24(32)29(6)25(26-4)28(23)5)12-19(21)20-14-18(9-11-22(20)30)15(2)27-33-16(3)31/h8-14H,7H2,1-6H3. The zero-order chi connectivity index (χ0) is 23.9. The van der Waals surface area contributed by atoms with Crippen LogP contribution in [0.3, 0.4) is 0 Å². The van der Waals surface area contributed by atoms with Crippen molar-refractivity contribution in [2.24, 2.45) is 10.1 Å². The number of benzene rings is 2. The van der Waals surface area contributed by atoms with Crippen molar-refractivity contribution in [2.45, 2.75) is 27.3 Å². The Morgan fingerprint density at radius 2 is 1.70 bits per heavy atom. The number of nitrogens with zero attached hydrogens (tertiary/aromatic N) is 5. The average molecular weight is 446 g/mol. The minimum atomic E-state index is -0.455. The van der Waals surface area contributed by atoms with E-state index in [0.29, 0.717) is 17.4 Å². The summed E-state index contributed by atoms with van der Waals surface area (Å²) in [5.41, 5.74) is 5.21. The van der Waals surface area contributed by atoms with Crippen molar-refractivity contribution < 1.29 is 14.4 Å². The van der Waals surface area contributed by atoms with Crippen molar-refractivity contribution in [3.63, 3.8) is 0 Å². The molecule has 1 fully saturated rings. The number of amides is 1. The molecular formula is C25H27N5O3. The fraction of sp³-hybridized carbons (Fsp3) is 0.280. The Kier molecular flexibility index (Phi) is 5.76. The maximum Gasteiger partial charge on any atom is 0.331 e. The maximum absolute atomic E-state index is 12.7. The molecule has 1 saturated heterocycles. The van der Waals surface area contributed by atoms with E-state index in [0.717, 1.165) is 39.5 Å². The first-order valence-electron chi connectivity index (χ1n) is 10.8. The lowest BCUT2D eigenvalue weighted by Crippen LogP contribution is -2.29. The number of aryl methyl sites for hydroxylation is 1. The number of hydrogen-bond acceptors (Lipinski definition) is 5. The Hall–Kier alpha value is -3.94. The van der Waals surface area contributed by atoms with Gasteiger partial charge in [0.15, 0.2) is 0 Å². The molecule has 8 nitrogen and oxygen atoms in total. The minimum absolute atomic E-state index is 0.0891. The lowest BCUT2D eigenvalue weighted by molar-refractivity contribution is -0.140. The Bertz CT molecular complexity index is 1380. The molecule has 1 aliphatic heterocycles. The Morgan fingerprint density at radius 3 is 2.30 bits per heavy atom. The number of oxime groups is 1. The third-order valence-corrected chi connectivity index (χ3v) is 5.92.